The number of aromatic nitrogens is 1. The number of carbonyl (C=O) groups excluding carboxylic acids is 3. The van der Waals surface area contributed by atoms with E-state index in [-0.39, 0.29) is 36.4 Å². The highest BCUT2D eigenvalue weighted by Gasteiger charge is 2.40. The van der Waals surface area contributed by atoms with Gasteiger partial charge < -0.3 is 24.9 Å². The van der Waals surface area contributed by atoms with Crippen LogP contribution in [0.25, 0.3) is 10.9 Å². The first-order valence-electron chi connectivity index (χ1n) is 12.0. The van der Waals surface area contributed by atoms with Crippen LogP contribution in [0, 0.1) is 5.41 Å². The molecule has 0 aliphatic carbocycles. The average Bonchev–Trinajstić information content (AvgIpc) is 3.43. The zero-order valence-corrected chi connectivity index (χ0v) is 19.9. The molecule has 1 spiro atoms. The summed E-state index contributed by atoms with van der Waals surface area (Å²) in [5.41, 5.74) is 2.39. The molecule has 0 saturated carbocycles. The number of rotatable bonds is 6. The molecule has 3 amide bonds. The summed E-state index contributed by atoms with van der Waals surface area (Å²) in [5, 5.41) is 6.99. The van der Waals surface area contributed by atoms with Gasteiger partial charge in [-0.15, -0.1) is 0 Å². The number of hydrogen-bond acceptors (Lipinski definition) is 4. The Hall–Kier alpha value is -2.87. The van der Waals surface area contributed by atoms with E-state index in [0.29, 0.717) is 11.3 Å². The molecule has 0 unspecified atom stereocenters. The molecule has 2 aliphatic heterocycles. The number of anilines is 1. The molecule has 0 bridgehead atoms. The summed E-state index contributed by atoms with van der Waals surface area (Å²) in [4.78, 5) is 41.0. The van der Waals surface area contributed by atoms with Gasteiger partial charge >= 0.3 is 6.03 Å². The number of nitrogens with zero attached hydrogens (tertiary/aromatic N) is 3. The van der Waals surface area contributed by atoms with Crippen LogP contribution in [0.2, 0.25) is 0 Å². The first-order chi connectivity index (χ1) is 15.9. The van der Waals surface area contributed by atoms with Gasteiger partial charge in [0.2, 0.25) is 0 Å². The molecule has 1 aromatic carbocycles. The molecule has 2 aromatic rings. The second-order valence-corrected chi connectivity index (χ2v) is 9.63. The first kappa shape index (κ1) is 23.3. The highest BCUT2D eigenvalue weighted by Crippen LogP contribution is 2.40. The molecule has 3 heterocycles. The number of amides is 3. The fourth-order valence-corrected chi connectivity index (χ4v) is 5.34. The minimum absolute atomic E-state index is 0.0114. The van der Waals surface area contributed by atoms with Crippen LogP contribution < -0.4 is 15.5 Å². The number of fused-ring (bicyclic) bond motifs is 1. The Morgan fingerprint density at radius 3 is 2.67 bits per heavy atom. The van der Waals surface area contributed by atoms with Crippen LogP contribution in [0.4, 0.5) is 10.5 Å². The van der Waals surface area contributed by atoms with Crippen LogP contribution in [0.15, 0.2) is 24.4 Å². The van der Waals surface area contributed by atoms with Crippen molar-refractivity contribution in [3.8, 4) is 0 Å². The van der Waals surface area contributed by atoms with Crippen LogP contribution in [-0.2, 0) is 4.79 Å². The maximum atomic E-state index is 13.7. The molecular formula is C25H35N5O3. The lowest BCUT2D eigenvalue weighted by molar-refractivity contribution is -0.107. The topological polar surface area (TPSA) is 86.7 Å². The summed E-state index contributed by atoms with van der Waals surface area (Å²) >= 11 is 0. The number of piperidine rings is 1. The molecule has 2 saturated heterocycles. The number of carbonyl (C=O) groups is 3. The fourth-order valence-electron chi connectivity index (χ4n) is 5.34. The Labute approximate surface area is 195 Å². The number of nitrogens with one attached hydrogen (secondary N) is 2. The second-order valence-electron chi connectivity index (χ2n) is 9.63. The van der Waals surface area contributed by atoms with Gasteiger partial charge in [0.25, 0.3) is 5.91 Å². The molecule has 0 radical (unpaired) electrons. The van der Waals surface area contributed by atoms with E-state index in [0.717, 1.165) is 62.6 Å². The van der Waals surface area contributed by atoms with Gasteiger partial charge in [0.15, 0.2) is 0 Å². The summed E-state index contributed by atoms with van der Waals surface area (Å²) in [6, 6.07) is 5.67. The molecule has 33 heavy (non-hydrogen) atoms. The third kappa shape index (κ3) is 4.49. The predicted octanol–water partition coefficient (Wildman–Crippen LogP) is 3.17. The third-order valence-corrected chi connectivity index (χ3v) is 7.23. The van der Waals surface area contributed by atoms with Gasteiger partial charge in [0.1, 0.15) is 6.29 Å². The Balaban J connectivity index is 1.75. The van der Waals surface area contributed by atoms with Gasteiger partial charge in [-0.1, -0.05) is 0 Å². The van der Waals surface area contributed by atoms with Crippen LogP contribution in [0.1, 0.15) is 55.9 Å². The van der Waals surface area contributed by atoms with Crippen molar-refractivity contribution in [3.63, 3.8) is 0 Å². The summed E-state index contributed by atoms with van der Waals surface area (Å²) in [7, 11) is 1.57. The predicted molar refractivity (Wildman–Crippen MR) is 130 cm³/mol. The summed E-state index contributed by atoms with van der Waals surface area (Å²) in [6.07, 6.45) is 6.28. The highest BCUT2D eigenvalue weighted by molar-refractivity contribution is 6.07. The van der Waals surface area contributed by atoms with Crippen molar-refractivity contribution < 1.29 is 14.4 Å². The van der Waals surface area contributed by atoms with E-state index in [9.17, 15) is 14.4 Å². The molecule has 2 fully saturated rings. The minimum Gasteiger partial charge on any atom is -0.345 e. The molecule has 0 atom stereocenters. The van der Waals surface area contributed by atoms with Crippen LogP contribution in [0.5, 0.6) is 0 Å². The fraction of sp³-hybridized carbons (Fsp3) is 0.560. The van der Waals surface area contributed by atoms with E-state index in [1.54, 1.807) is 11.9 Å². The molecule has 178 valence electrons. The van der Waals surface area contributed by atoms with Crippen molar-refractivity contribution in [3.05, 3.63) is 30.0 Å². The van der Waals surface area contributed by atoms with Crippen molar-refractivity contribution in [2.45, 2.75) is 45.6 Å². The lowest BCUT2D eigenvalue weighted by atomic mass is 9.78. The molecule has 8 heteroatoms. The highest BCUT2D eigenvalue weighted by atomic mass is 16.2. The Bertz CT molecular complexity index is 1040. The van der Waals surface area contributed by atoms with Crippen LogP contribution >= 0.6 is 0 Å². The molecule has 2 aliphatic rings. The van der Waals surface area contributed by atoms with Gasteiger partial charge in [-0.3, -0.25) is 9.69 Å². The van der Waals surface area contributed by atoms with Crippen molar-refractivity contribution in [2.75, 3.05) is 44.7 Å². The number of hydrogen-bond donors (Lipinski definition) is 2. The first-order valence-corrected chi connectivity index (χ1v) is 12.0. The van der Waals surface area contributed by atoms with Gasteiger partial charge in [0, 0.05) is 56.3 Å². The Kier molecular flexibility index (Phi) is 6.74. The van der Waals surface area contributed by atoms with Crippen molar-refractivity contribution in [1.29, 1.82) is 0 Å². The van der Waals surface area contributed by atoms with Crippen LogP contribution in [-0.4, -0.2) is 67.5 Å². The largest absolute Gasteiger partial charge is 0.345 e. The molecule has 8 nitrogen and oxygen atoms in total. The lowest BCUT2D eigenvalue weighted by Crippen LogP contribution is -2.40. The second kappa shape index (κ2) is 9.55. The molecule has 2 N–H and O–H groups in total. The number of benzene rings is 1. The monoisotopic (exact) mass is 453 g/mol. The Morgan fingerprint density at radius 2 is 2.00 bits per heavy atom. The van der Waals surface area contributed by atoms with E-state index in [2.05, 4.69) is 29.0 Å². The van der Waals surface area contributed by atoms with Crippen LogP contribution in [0.3, 0.4) is 0 Å². The number of likely N-dealkylation sites (tertiary alicyclic amines) is 1. The number of aldehydes is 1. The van der Waals surface area contributed by atoms with E-state index >= 15 is 0 Å². The maximum absolute atomic E-state index is 13.7. The van der Waals surface area contributed by atoms with Crippen molar-refractivity contribution in [2.24, 2.45) is 5.41 Å². The summed E-state index contributed by atoms with van der Waals surface area (Å²) in [5.74, 6) is 0.0114. The van der Waals surface area contributed by atoms with E-state index in [4.69, 9.17) is 0 Å². The standard InChI is InChI=1S/C25H35N5O3/c1-18(2)29-12-5-20-21(29)15-19(16-22(20)30(11-4-14-31)24(33)26-3)23(32)28-13-8-25(17-28)6-9-27-10-7-25/h5,12,14-16,18,27H,4,6-11,13,17H2,1-3H3,(H,26,33). The lowest BCUT2D eigenvalue weighted by Gasteiger charge is -2.33. The Morgan fingerprint density at radius 1 is 1.24 bits per heavy atom. The van der Waals surface area contributed by atoms with Gasteiger partial charge in [-0.25, -0.2) is 4.79 Å². The third-order valence-electron chi connectivity index (χ3n) is 7.23. The average molecular weight is 454 g/mol. The van der Waals surface area contributed by atoms with Gasteiger partial charge in [-0.2, -0.15) is 0 Å². The number of urea groups is 1. The van der Waals surface area contributed by atoms with E-state index in [1.807, 2.05) is 29.3 Å². The maximum Gasteiger partial charge on any atom is 0.321 e. The van der Waals surface area contributed by atoms with Gasteiger partial charge in [-0.05, 0) is 69.8 Å². The van der Waals surface area contributed by atoms with Crippen molar-refractivity contribution >= 4 is 34.8 Å². The summed E-state index contributed by atoms with van der Waals surface area (Å²) < 4.78 is 2.12. The molecule has 4 rings (SSSR count). The SMILES string of the molecule is CNC(=O)N(CCC=O)c1cc(C(=O)N2CCC3(CCNCC3)C2)cc2c1ccn2C(C)C. The van der Waals surface area contributed by atoms with Gasteiger partial charge in [0.05, 0.1) is 11.2 Å². The zero-order chi connectivity index (χ0) is 23.6. The quantitative estimate of drug-likeness (QED) is 0.658. The normalized spacial score (nSPS) is 17.6. The molecular weight excluding hydrogens is 418 g/mol. The molecule has 1 aromatic heterocycles. The zero-order valence-electron chi connectivity index (χ0n) is 19.9. The van der Waals surface area contributed by atoms with Crippen molar-refractivity contribution in [1.82, 2.24) is 20.1 Å². The van der Waals surface area contributed by atoms with E-state index < -0.39 is 0 Å². The minimum atomic E-state index is -0.296. The summed E-state index contributed by atoms with van der Waals surface area (Å²) in [6.45, 7) is 8.02. The van der Waals surface area contributed by atoms with E-state index in [1.165, 1.54) is 0 Å². The smallest absolute Gasteiger partial charge is 0.321 e.